The molecule has 0 N–H and O–H groups in total. The molecule has 3 heterocycles. The summed E-state index contributed by atoms with van der Waals surface area (Å²) in [6.45, 7) is 7.09. The molecule has 3 atom stereocenters. The van der Waals surface area contributed by atoms with E-state index in [0.29, 0.717) is 0 Å². The van der Waals surface area contributed by atoms with Crippen LogP contribution in [0.25, 0.3) is 0 Å². The standard InChI is InChI=1S/C22H34N4O2/c1-27-15-22-7-5-18(25-9-11-28-12-10-25)13-17(22)6-8-26(14-22)21-19-3-2-4-20(19)23-16-24-21/h16-18H,2-15H2,1H3/t17-,18-,22+/m1/s1. The van der Waals surface area contributed by atoms with Gasteiger partial charge >= 0.3 is 0 Å². The predicted molar refractivity (Wildman–Crippen MR) is 109 cm³/mol. The normalized spacial score (nSPS) is 33.5. The average Bonchev–Trinajstić information content (AvgIpc) is 3.23. The lowest BCUT2D eigenvalue weighted by atomic mass is 9.61. The molecule has 0 unspecified atom stereocenters. The summed E-state index contributed by atoms with van der Waals surface area (Å²) in [6, 6.07) is 0.730. The third kappa shape index (κ3) is 3.33. The lowest BCUT2D eigenvalue weighted by Gasteiger charge is -2.54. The Kier molecular flexibility index (Phi) is 5.28. The number of fused-ring (bicyclic) bond motifs is 2. The van der Waals surface area contributed by atoms with E-state index in [-0.39, 0.29) is 5.41 Å². The van der Waals surface area contributed by atoms with Crippen molar-refractivity contribution >= 4 is 5.82 Å². The largest absolute Gasteiger partial charge is 0.384 e. The maximum atomic E-state index is 5.81. The lowest BCUT2D eigenvalue weighted by molar-refractivity contribution is -0.0540. The van der Waals surface area contributed by atoms with Crippen LogP contribution in [0.15, 0.2) is 6.33 Å². The molecule has 2 aliphatic heterocycles. The molecule has 0 amide bonds. The maximum absolute atomic E-state index is 5.81. The van der Waals surface area contributed by atoms with Gasteiger partial charge in [-0.2, -0.15) is 0 Å². The third-order valence-corrected chi connectivity index (χ3v) is 7.80. The van der Waals surface area contributed by atoms with Crippen LogP contribution < -0.4 is 4.90 Å². The molecule has 28 heavy (non-hydrogen) atoms. The second-order valence-corrected chi connectivity index (χ2v) is 9.26. The minimum atomic E-state index is 0.270. The monoisotopic (exact) mass is 386 g/mol. The van der Waals surface area contributed by atoms with Crippen LogP contribution in [0.4, 0.5) is 5.82 Å². The SMILES string of the molecule is COC[C@@]12CC[C@@H](N3CCOCC3)C[C@H]1CCN(c1ncnc3c1CCC3)C2. The minimum Gasteiger partial charge on any atom is -0.384 e. The molecule has 1 aromatic rings. The van der Waals surface area contributed by atoms with E-state index in [2.05, 4.69) is 14.8 Å². The van der Waals surface area contributed by atoms with Crippen LogP contribution in [-0.2, 0) is 22.3 Å². The van der Waals surface area contributed by atoms with E-state index in [1.165, 1.54) is 49.2 Å². The van der Waals surface area contributed by atoms with Crippen molar-refractivity contribution in [2.24, 2.45) is 11.3 Å². The zero-order valence-corrected chi connectivity index (χ0v) is 17.2. The summed E-state index contributed by atoms with van der Waals surface area (Å²) >= 11 is 0. The Balaban J connectivity index is 1.35. The fourth-order valence-electron chi connectivity index (χ4n) is 6.35. The van der Waals surface area contributed by atoms with Crippen LogP contribution in [-0.4, -0.2) is 74.0 Å². The van der Waals surface area contributed by atoms with Crippen LogP contribution in [0.1, 0.15) is 43.4 Å². The van der Waals surface area contributed by atoms with Crippen LogP contribution in [0.5, 0.6) is 0 Å². The number of nitrogens with zero attached hydrogens (tertiary/aromatic N) is 4. The molecule has 0 aromatic carbocycles. The fraction of sp³-hybridized carbons (Fsp3) is 0.818. The number of anilines is 1. The Morgan fingerprint density at radius 2 is 2.07 bits per heavy atom. The summed E-state index contributed by atoms with van der Waals surface area (Å²) in [5, 5.41) is 0. The van der Waals surface area contributed by atoms with E-state index in [1.807, 2.05) is 7.11 Å². The molecule has 4 aliphatic rings. The number of hydrogen-bond donors (Lipinski definition) is 0. The van der Waals surface area contributed by atoms with E-state index in [4.69, 9.17) is 14.5 Å². The Labute approximate surface area is 168 Å². The molecule has 2 saturated heterocycles. The van der Waals surface area contributed by atoms with Gasteiger partial charge in [-0.3, -0.25) is 4.90 Å². The predicted octanol–water partition coefficient (Wildman–Crippen LogP) is 2.31. The maximum Gasteiger partial charge on any atom is 0.135 e. The van der Waals surface area contributed by atoms with E-state index >= 15 is 0 Å². The zero-order valence-electron chi connectivity index (χ0n) is 17.2. The van der Waals surface area contributed by atoms with Gasteiger partial charge in [-0.05, 0) is 50.9 Å². The first-order valence-electron chi connectivity index (χ1n) is 11.2. The molecule has 6 heteroatoms. The van der Waals surface area contributed by atoms with Gasteiger partial charge < -0.3 is 14.4 Å². The number of aromatic nitrogens is 2. The Bertz CT molecular complexity index is 693. The van der Waals surface area contributed by atoms with Crippen LogP contribution >= 0.6 is 0 Å². The zero-order chi connectivity index (χ0) is 19.0. The molecule has 6 nitrogen and oxygen atoms in total. The highest BCUT2D eigenvalue weighted by Crippen LogP contribution is 2.48. The number of ether oxygens (including phenoxy) is 2. The number of methoxy groups -OCH3 is 1. The summed E-state index contributed by atoms with van der Waals surface area (Å²) in [7, 11) is 1.88. The van der Waals surface area contributed by atoms with Crippen LogP contribution in [0.3, 0.4) is 0 Å². The van der Waals surface area contributed by atoms with Crippen molar-refractivity contribution in [3.63, 3.8) is 0 Å². The molecule has 0 radical (unpaired) electrons. The van der Waals surface area contributed by atoms with E-state index < -0.39 is 0 Å². The first kappa shape index (κ1) is 18.8. The van der Waals surface area contributed by atoms with Gasteiger partial charge in [0.15, 0.2) is 0 Å². The fourth-order valence-corrected chi connectivity index (χ4v) is 6.35. The molecule has 154 valence electrons. The van der Waals surface area contributed by atoms with Gasteiger partial charge in [-0.1, -0.05) is 0 Å². The first-order chi connectivity index (χ1) is 13.8. The van der Waals surface area contributed by atoms with Crippen molar-refractivity contribution in [2.45, 2.75) is 51.0 Å². The van der Waals surface area contributed by atoms with Crippen LogP contribution in [0.2, 0.25) is 0 Å². The molecule has 3 fully saturated rings. The summed E-state index contributed by atoms with van der Waals surface area (Å²) in [5.41, 5.74) is 2.96. The number of morpholine rings is 1. The quantitative estimate of drug-likeness (QED) is 0.792. The average molecular weight is 387 g/mol. The smallest absolute Gasteiger partial charge is 0.135 e. The highest BCUT2D eigenvalue weighted by atomic mass is 16.5. The van der Waals surface area contributed by atoms with E-state index in [0.717, 1.165) is 70.8 Å². The van der Waals surface area contributed by atoms with E-state index in [9.17, 15) is 0 Å². The van der Waals surface area contributed by atoms with Crippen molar-refractivity contribution in [2.75, 3.05) is 58.0 Å². The second kappa shape index (κ2) is 7.88. The molecular formula is C22H34N4O2. The topological polar surface area (TPSA) is 50.7 Å². The first-order valence-corrected chi connectivity index (χ1v) is 11.2. The molecular weight excluding hydrogens is 352 g/mol. The third-order valence-electron chi connectivity index (χ3n) is 7.80. The van der Waals surface area contributed by atoms with Gasteiger partial charge in [0, 0.05) is 56.0 Å². The second-order valence-electron chi connectivity index (χ2n) is 9.26. The van der Waals surface area contributed by atoms with Gasteiger partial charge in [0.05, 0.1) is 19.8 Å². The molecule has 2 aliphatic carbocycles. The van der Waals surface area contributed by atoms with Crippen molar-refractivity contribution in [3.05, 3.63) is 17.6 Å². The minimum absolute atomic E-state index is 0.270. The highest BCUT2D eigenvalue weighted by Gasteiger charge is 2.48. The Morgan fingerprint density at radius 1 is 1.18 bits per heavy atom. The van der Waals surface area contributed by atoms with Crippen molar-refractivity contribution in [3.8, 4) is 0 Å². The highest BCUT2D eigenvalue weighted by molar-refractivity contribution is 5.51. The summed E-state index contributed by atoms with van der Waals surface area (Å²) in [6.07, 6.45) is 10.4. The molecule has 0 bridgehead atoms. The number of hydrogen-bond acceptors (Lipinski definition) is 6. The number of rotatable bonds is 4. The van der Waals surface area contributed by atoms with Gasteiger partial charge in [0.2, 0.25) is 0 Å². The van der Waals surface area contributed by atoms with Crippen LogP contribution in [0, 0.1) is 11.3 Å². The van der Waals surface area contributed by atoms with E-state index in [1.54, 1.807) is 6.33 Å². The van der Waals surface area contributed by atoms with Crippen molar-refractivity contribution < 1.29 is 9.47 Å². The van der Waals surface area contributed by atoms with Crippen molar-refractivity contribution in [1.82, 2.24) is 14.9 Å². The molecule has 1 aromatic heterocycles. The number of piperidine rings is 1. The molecule has 1 saturated carbocycles. The number of aryl methyl sites for hydroxylation is 1. The Morgan fingerprint density at radius 3 is 2.93 bits per heavy atom. The molecule has 0 spiro atoms. The van der Waals surface area contributed by atoms with Gasteiger partial charge in [0.25, 0.3) is 0 Å². The van der Waals surface area contributed by atoms with Gasteiger partial charge in [-0.15, -0.1) is 0 Å². The van der Waals surface area contributed by atoms with Gasteiger partial charge in [0.1, 0.15) is 12.1 Å². The van der Waals surface area contributed by atoms with Crippen molar-refractivity contribution in [1.29, 1.82) is 0 Å². The lowest BCUT2D eigenvalue weighted by Crippen LogP contribution is -2.57. The van der Waals surface area contributed by atoms with Gasteiger partial charge in [-0.25, -0.2) is 9.97 Å². The molecule has 5 rings (SSSR count). The summed E-state index contributed by atoms with van der Waals surface area (Å²) < 4.78 is 11.4. The summed E-state index contributed by atoms with van der Waals surface area (Å²) in [4.78, 5) is 14.5. The Hall–Kier alpha value is -1.24. The summed E-state index contributed by atoms with van der Waals surface area (Å²) in [5.74, 6) is 1.96.